The smallest absolute Gasteiger partial charge is 0.340 e. The molecule has 0 amide bonds. The third-order valence-electron chi connectivity index (χ3n) is 2.86. The lowest BCUT2D eigenvalue weighted by Gasteiger charge is -2.09. The fourth-order valence-corrected chi connectivity index (χ4v) is 1.85. The monoisotopic (exact) mass is 256 g/mol. The van der Waals surface area contributed by atoms with E-state index in [0.717, 1.165) is 11.1 Å². The van der Waals surface area contributed by atoms with Crippen molar-refractivity contribution in [3.05, 3.63) is 59.4 Å². The Bertz CT molecular complexity index is 547. The van der Waals surface area contributed by atoms with Crippen molar-refractivity contribution in [3.8, 4) is 0 Å². The Labute approximate surface area is 112 Å². The number of aromatic nitrogens is 1. The molecule has 0 bridgehead atoms. The predicted octanol–water partition coefficient (Wildman–Crippen LogP) is 2.37. The summed E-state index contributed by atoms with van der Waals surface area (Å²) in [5, 5.41) is 0. The fourth-order valence-electron chi connectivity index (χ4n) is 1.85. The van der Waals surface area contributed by atoms with Crippen LogP contribution in [-0.2, 0) is 11.2 Å². The predicted molar refractivity (Wildman–Crippen MR) is 73.8 cm³/mol. The van der Waals surface area contributed by atoms with Gasteiger partial charge in [-0.15, -0.1) is 0 Å². The first kappa shape index (κ1) is 13.1. The van der Waals surface area contributed by atoms with Gasteiger partial charge in [-0.3, -0.25) is 4.98 Å². The molecule has 0 aliphatic carbocycles. The summed E-state index contributed by atoms with van der Waals surface area (Å²) in [6.07, 6.45) is 4.12. The Morgan fingerprint density at radius 1 is 1.32 bits per heavy atom. The van der Waals surface area contributed by atoms with E-state index < -0.39 is 0 Å². The molecule has 0 saturated carbocycles. The zero-order chi connectivity index (χ0) is 13.7. The molecule has 0 spiro atoms. The molecule has 0 atom stereocenters. The van der Waals surface area contributed by atoms with Crippen molar-refractivity contribution in [1.82, 2.24) is 4.98 Å². The summed E-state index contributed by atoms with van der Waals surface area (Å²) in [5.74, 6) is -0.375. The average molecular weight is 256 g/mol. The van der Waals surface area contributed by atoms with Crippen molar-refractivity contribution in [3.63, 3.8) is 0 Å². The van der Waals surface area contributed by atoms with Gasteiger partial charge in [-0.25, -0.2) is 4.79 Å². The van der Waals surface area contributed by atoms with Gasteiger partial charge in [0.2, 0.25) is 0 Å². The van der Waals surface area contributed by atoms with Crippen LogP contribution in [0.5, 0.6) is 0 Å². The number of carbonyl (C=O) groups is 1. The Morgan fingerprint density at radius 3 is 2.84 bits per heavy atom. The lowest BCUT2D eigenvalue weighted by Crippen LogP contribution is -2.12. The number of carbonyl (C=O) groups excluding carboxylic acids is 1. The van der Waals surface area contributed by atoms with Crippen molar-refractivity contribution in [2.45, 2.75) is 13.3 Å². The molecule has 19 heavy (non-hydrogen) atoms. The van der Waals surface area contributed by atoms with Crippen LogP contribution in [-0.4, -0.2) is 17.6 Å². The molecule has 1 aromatic carbocycles. The van der Waals surface area contributed by atoms with Gasteiger partial charge >= 0.3 is 5.97 Å². The molecule has 4 nitrogen and oxygen atoms in total. The lowest BCUT2D eigenvalue weighted by atomic mass is 10.1. The number of rotatable bonds is 4. The van der Waals surface area contributed by atoms with Crippen LogP contribution in [0.3, 0.4) is 0 Å². The van der Waals surface area contributed by atoms with E-state index in [0.29, 0.717) is 24.3 Å². The number of hydrogen-bond donors (Lipinski definition) is 1. The highest BCUT2D eigenvalue weighted by Crippen LogP contribution is 2.17. The van der Waals surface area contributed by atoms with E-state index >= 15 is 0 Å². The van der Waals surface area contributed by atoms with Gasteiger partial charge in [0.25, 0.3) is 0 Å². The highest BCUT2D eigenvalue weighted by molar-refractivity contribution is 5.96. The van der Waals surface area contributed by atoms with Gasteiger partial charge in [0.15, 0.2) is 0 Å². The Kier molecular flexibility index (Phi) is 4.13. The molecule has 2 rings (SSSR count). The number of ether oxygens (including phenoxy) is 1. The highest BCUT2D eigenvalue weighted by Gasteiger charge is 2.13. The molecule has 0 aliphatic heterocycles. The molecule has 0 radical (unpaired) electrons. The Morgan fingerprint density at radius 2 is 2.16 bits per heavy atom. The highest BCUT2D eigenvalue weighted by atomic mass is 16.5. The standard InChI is InChI=1S/C15H16N2O2/c1-11-4-2-6-13(16)14(11)15(18)19-9-7-12-5-3-8-17-10-12/h2-6,8,10H,7,9,16H2,1H3. The SMILES string of the molecule is Cc1cccc(N)c1C(=O)OCCc1cccnc1. The van der Waals surface area contributed by atoms with Gasteiger partial charge in [-0.2, -0.15) is 0 Å². The van der Waals surface area contributed by atoms with Gasteiger partial charge in [0, 0.05) is 24.5 Å². The minimum Gasteiger partial charge on any atom is -0.462 e. The van der Waals surface area contributed by atoms with Crippen molar-refractivity contribution < 1.29 is 9.53 Å². The summed E-state index contributed by atoms with van der Waals surface area (Å²) in [6.45, 7) is 2.16. The fraction of sp³-hybridized carbons (Fsp3) is 0.200. The van der Waals surface area contributed by atoms with E-state index in [1.165, 1.54) is 0 Å². The molecule has 2 N–H and O–H groups in total. The van der Waals surface area contributed by atoms with Crippen molar-refractivity contribution in [2.75, 3.05) is 12.3 Å². The topological polar surface area (TPSA) is 65.2 Å². The molecular formula is C15H16N2O2. The summed E-state index contributed by atoms with van der Waals surface area (Å²) < 4.78 is 5.25. The van der Waals surface area contributed by atoms with E-state index in [9.17, 15) is 4.79 Å². The van der Waals surface area contributed by atoms with Crippen LogP contribution in [0.4, 0.5) is 5.69 Å². The van der Waals surface area contributed by atoms with E-state index in [1.54, 1.807) is 18.5 Å². The maximum Gasteiger partial charge on any atom is 0.340 e. The Balaban J connectivity index is 1.95. The molecular weight excluding hydrogens is 240 g/mol. The first-order valence-corrected chi connectivity index (χ1v) is 6.09. The zero-order valence-electron chi connectivity index (χ0n) is 10.8. The number of nitrogens with zero attached hydrogens (tertiary/aromatic N) is 1. The number of nitrogens with two attached hydrogens (primary N) is 1. The summed E-state index contributed by atoms with van der Waals surface area (Å²) in [5.41, 5.74) is 8.56. The number of aryl methyl sites for hydroxylation is 1. The minimum atomic E-state index is -0.375. The molecule has 0 fully saturated rings. The van der Waals surface area contributed by atoms with Crippen LogP contribution in [0, 0.1) is 6.92 Å². The molecule has 0 saturated heterocycles. The van der Waals surface area contributed by atoms with Crippen LogP contribution in [0.2, 0.25) is 0 Å². The molecule has 1 heterocycles. The number of benzene rings is 1. The van der Waals surface area contributed by atoms with Crippen LogP contribution in [0.25, 0.3) is 0 Å². The molecule has 2 aromatic rings. The number of anilines is 1. The maximum absolute atomic E-state index is 12.0. The molecule has 98 valence electrons. The first-order valence-electron chi connectivity index (χ1n) is 6.09. The molecule has 4 heteroatoms. The quantitative estimate of drug-likeness (QED) is 0.673. The summed E-state index contributed by atoms with van der Waals surface area (Å²) in [4.78, 5) is 16.0. The van der Waals surface area contributed by atoms with Crippen LogP contribution < -0.4 is 5.73 Å². The van der Waals surface area contributed by atoms with E-state index in [4.69, 9.17) is 10.5 Å². The largest absolute Gasteiger partial charge is 0.462 e. The third-order valence-corrected chi connectivity index (χ3v) is 2.86. The van der Waals surface area contributed by atoms with Crippen molar-refractivity contribution >= 4 is 11.7 Å². The van der Waals surface area contributed by atoms with E-state index in [-0.39, 0.29) is 5.97 Å². The third kappa shape index (κ3) is 3.31. The lowest BCUT2D eigenvalue weighted by molar-refractivity contribution is 0.0509. The van der Waals surface area contributed by atoms with Gasteiger partial charge < -0.3 is 10.5 Å². The number of hydrogen-bond acceptors (Lipinski definition) is 4. The van der Waals surface area contributed by atoms with Crippen molar-refractivity contribution in [2.24, 2.45) is 0 Å². The summed E-state index contributed by atoms with van der Waals surface area (Å²) in [7, 11) is 0. The minimum absolute atomic E-state index is 0.318. The Hall–Kier alpha value is -2.36. The maximum atomic E-state index is 12.0. The van der Waals surface area contributed by atoms with Crippen molar-refractivity contribution in [1.29, 1.82) is 0 Å². The van der Waals surface area contributed by atoms with Gasteiger partial charge in [-0.05, 0) is 30.2 Å². The molecule has 1 aromatic heterocycles. The zero-order valence-corrected chi connectivity index (χ0v) is 10.8. The molecule has 0 unspecified atom stereocenters. The van der Waals surface area contributed by atoms with Crippen LogP contribution in [0.15, 0.2) is 42.7 Å². The van der Waals surface area contributed by atoms with Crippen LogP contribution >= 0.6 is 0 Å². The van der Waals surface area contributed by atoms with E-state index in [2.05, 4.69) is 4.98 Å². The average Bonchev–Trinajstić information content (AvgIpc) is 2.40. The van der Waals surface area contributed by atoms with Crippen LogP contribution in [0.1, 0.15) is 21.5 Å². The number of pyridine rings is 1. The van der Waals surface area contributed by atoms with Gasteiger partial charge in [-0.1, -0.05) is 18.2 Å². The van der Waals surface area contributed by atoms with Gasteiger partial charge in [0.05, 0.1) is 12.2 Å². The summed E-state index contributed by atoms with van der Waals surface area (Å²) in [6, 6.07) is 9.16. The second kappa shape index (κ2) is 6.00. The first-order chi connectivity index (χ1) is 9.18. The number of nitrogen functional groups attached to an aromatic ring is 1. The van der Waals surface area contributed by atoms with Gasteiger partial charge in [0.1, 0.15) is 0 Å². The molecule has 0 aliphatic rings. The second-order valence-electron chi connectivity index (χ2n) is 4.29. The number of esters is 1. The summed E-state index contributed by atoms with van der Waals surface area (Å²) >= 11 is 0. The van der Waals surface area contributed by atoms with E-state index in [1.807, 2.05) is 31.2 Å². The normalized spacial score (nSPS) is 10.2. The second-order valence-corrected chi connectivity index (χ2v) is 4.29.